The van der Waals surface area contributed by atoms with Gasteiger partial charge in [-0.05, 0) is 48.9 Å². The average Bonchev–Trinajstić information content (AvgIpc) is 3.33. The van der Waals surface area contributed by atoms with E-state index < -0.39 is 0 Å². The van der Waals surface area contributed by atoms with Gasteiger partial charge in [0.2, 0.25) is 0 Å². The van der Waals surface area contributed by atoms with Gasteiger partial charge in [-0.2, -0.15) is 0 Å². The van der Waals surface area contributed by atoms with E-state index in [-0.39, 0.29) is 5.82 Å². The highest BCUT2D eigenvalue weighted by Crippen LogP contribution is 2.28. The van der Waals surface area contributed by atoms with Gasteiger partial charge in [0.05, 0.1) is 0 Å². The summed E-state index contributed by atoms with van der Waals surface area (Å²) < 4.78 is 19.7. The molecule has 0 heterocycles. The maximum absolute atomic E-state index is 13.2. The molecular formula is C16H23BrFN3O. The van der Waals surface area contributed by atoms with Crippen molar-refractivity contribution in [2.24, 2.45) is 10.9 Å². The molecule has 0 radical (unpaired) electrons. The molecule has 2 N–H and O–H groups in total. The number of guanidine groups is 1. The molecule has 1 aliphatic carbocycles. The first kappa shape index (κ1) is 17.2. The van der Waals surface area contributed by atoms with Crippen molar-refractivity contribution in [3.05, 3.63) is 34.1 Å². The third kappa shape index (κ3) is 6.32. The molecule has 0 spiro atoms. The van der Waals surface area contributed by atoms with Crippen molar-refractivity contribution >= 4 is 21.9 Å². The topological polar surface area (TPSA) is 45.7 Å². The highest BCUT2D eigenvalue weighted by Gasteiger charge is 2.20. The van der Waals surface area contributed by atoms with Crippen molar-refractivity contribution in [2.45, 2.75) is 25.8 Å². The van der Waals surface area contributed by atoms with Gasteiger partial charge >= 0.3 is 0 Å². The molecule has 4 nitrogen and oxygen atoms in total. The smallest absolute Gasteiger partial charge is 0.191 e. The molecule has 0 unspecified atom stereocenters. The molecule has 0 aliphatic heterocycles. The molecular weight excluding hydrogens is 349 g/mol. The van der Waals surface area contributed by atoms with E-state index in [1.807, 2.05) is 0 Å². The minimum Gasteiger partial charge on any atom is -0.381 e. The molecule has 1 aromatic rings. The first-order chi connectivity index (χ1) is 10.7. The molecule has 1 aromatic carbocycles. The van der Waals surface area contributed by atoms with Crippen LogP contribution in [0.3, 0.4) is 0 Å². The molecule has 1 saturated carbocycles. The van der Waals surface area contributed by atoms with E-state index >= 15 is 0 Å². The fourth-order valence-corrected chi connectivity index (χ4v) is 2.38. The summed E-state index contributed by atoms with van der Waals surface area (Å²) in [5.74, 6) is 1.28. The first-order valence-electron chi connectivity index (χ1n) is 7.65. The zero-order valence-electron chi connectivity index (χ0n) is 12.9. The van der Waals surface area contributed by atoms with Crippen LogP contribution in [0, 0.1) is 11.7 Å². The van der Waals surface area contributed by atoms with Gasteiger partial charge in [0.1, 0.15) is 5.82 Å². The molecule has 1 fully saturated rings. The number of aliphatic imine (C=N–C) groups is 1. The Morgan fingerprint density at radius 1 is 1.41 bits per heavy atom. The Labute approximate surface area is 139 Å². The predicted molar refractivity (Wildman–Crippen MR) is 90.5 cm³/mol. The molecule has 0 bridgehead atoms. The summed E-state index contributed by atoms with van der Waals surface area (Å²) in [5, 5.41) is 6.40. The number of hydrogen-bond donors (Lipinski definition) is 2. The molecule has 22 heavy (non-hydrogen) atoms. The summed E-state index contributed by atoms with van der Waals surface area (Å²) in [4.78, 5) is 4.16. The number of rotatable bonds is 8. The standard InChI is InChI=1S/C16H23BrFN3O/c1-19-16(20-7-2-8-22-11-12-3-4-12)21-10-13-9-14(18)5-6-15(13)17/h5-6,9,12H,2-4,7-8,10-11H2,1H3,(H2,19,20,21). The van der Waals surface area contributed by atoms with Gasteiger partial charge in [-0.1, -0.05) is 15.9 Å². The Kier molecular flexibility index (Phi) is 7.12. The summed E-state index contributed by atoms with van der Waals surface area (Å²) in [6.45, 7) is 2.99. The van der Waals surface area contributed by atoms with Crippen LogP contribution in [0.1, 0.15) is 24.8 Å². The highest BCUT2D eigenvalue weighted by molar-refractivity contribution is 9.10. The van der Waals surface area contributed by atoms with E-state index in [4.69, 9.17) is 4.74 Å². The Balaban J connectivity index is 1.62. The average molecular weight is 372 g/mol. The third-order valence-corrected chi connectivity index (χ3v) is 4.26. The lowest BCUT2D eigenvalue weighted by Crippen LogP contribution is -2.37. The van der Waals surface area contributed by atoms with Crippen molar-refractivity contribution in [2.75, 3.05) is 26.8 Å². The fourth-order valence-electron chi connectivity index (χ4n) is 1.99. The number of hydrogen-bond acceptors (Lipinski definition) is 2. The fraction of sp³-hybridized carbons (Fsp3) is 0.562. The van der Waals surface area contributed by atoms with Crippen molar-refractivity contribution in [1.82, 2.24) is 10.6 Å². The van der Waals surface area contributed by atoms with Crippen LogP contribution in [0.15, 0.2) is 27.7 Å². The largest absolute Gasteiger partial charge is 0.381 e. The second kappa shape index (κ2) is 9.10. The summed E-state index contributed by atoms with van der Waals surface area (Å²) in [7, 11) is 1.72. The van der Waals surface area contributed by atoms with Crippen molar-refractivity contribution < 1.29 is 9.13 Å². The van der Waals surface area contributed by atoms with E-state index in [1.54, 1.807) is 13.1 Å². The molecule has 0 saturated heterocycles. The van der Waals surface area contributed by atoms with E-state index in [0.717, 1.165) is 42.1 Å². The van der Waals surface area contributed by atoms with Crippen LogP contribution in [0.5, 0.6) is 0 Å². The molecule has 0 amide bonds. The lowest BCUT2D eigenvalue weighted by molar-refractivity contribution is 0.123. The van der Waals surface area contributed by atoms with Crippen molar-refractivity contribution in [1.29, 1.82) is 0 Å². The zero-order valence-corrected chi connectivity index (χ0v) is 14.5. The van der Waals surface area contributed by atoms with Crippen molar-refractivity contribution in [3.8, 4) is 0 Å². The molecule has 122 valence electrons. The van der Waals surface area contributed by atoms with Gasteiger partial charge in [-0.25, -0.2) is 4.39 Å². The molecule has 0 aromatic heterocycles. The summed E-state index contributed by atoms with van der Waals surface area (Å²) >= 11 is 3.42. The molecule has 2 rings (SSSR count). The Morgan fingerprint density at radius 2 is 2.23 bits per heavy atom. The monoisotopic (exact) mass is 371 g/mol. The summed E-state index contributed by atoms with van der Waals surface area (Å²) in [5.41, 5.74) is 0.857. The second-order valence-corrected chi connectivity index (χ2v) is 6.31. The zero-order chi connectivity index (χ0) is 15.8. The minimum absolute atomic E-state index is 0.240. The van der Waals surface area contributed by atoms with Crippen LogP contribution in [0.2, 0.25) is 0 Å². The second-order valence-electron chi connectivity index (χ2n) is 5.46. The van der Waals surface area contributed by atoms with Gasteiger partial charge in [0.15, 0.2) is 5.96 Å². The number of benzene rings is 1. The minimum atomic E-state index is -0.240. The maximum Gasteiger partial charge on any atom is 0.191 e. The van der Waals surface area contributed by atoms with Gasteiger partial charge in [-0.3, -0.25) is 4.99 Å². The lowest BCUT2D eigenvalue weighted by Gasteiger charge is -2.13. The SMILES string of the molecule is CN=C(NCCCOCC1CC1)NCc1cc(F)ccc1Br. The van der Waals surface area contributed by atoms with E-state index in [2.05, 4.69) is 31.6 Å². The van der Waals surface area contributed by atoms with Crippen LogP contribution >= 0.6 is 15.9 Å². The first-order valence-corrected chi connectivity index (χ1v) is 8.44. The molecule has 6 heteroatoms. The number of ether oxygens (including phenoxy) is 1. The van der Waals surface area contributed by atoms with Crippen LogP contribution in [-0.2, 0) is 11.3 Å². The Bertz CT molecular complexity index is 506. The van der Waals surface area contributed by atoms with Crippen LogP contribution in [-0.4, -0.2) is 32.8 Å². The summed E-state index contributed by atoms with van der Waals surface area (Å²) in [6, 6.07) is 4.65. The van der Waals surface area contributed by atoms with Gasteiger partial charge in [-0.15, -0.1) is 0 Å². The van der Waals surface area contributed by atoms with Crippen LogP contribution in [0.25, 0.3) is 0 Å². The number of nitrogens with zero attached hydrogens (tertiary/aromatic N) is 1. The Hall–Kier alpha value is -1.14. The van der Waals surface area contributed by atoms with E-state index in [9.17, 15) is 4.39 Å². The third-order valence-electron chi connectivity index (χ3n) is 3.49. The molecule has 1 aliphatic rings. The highest BCUT2D eigenvalue weighted by atomic mass is 79.9. The van der Waals surface area contributed by atoms with E-state index in [1.165, 1.54) is 25.0 Å². The maximum atomic E-state index is 13.2. The summed E-state index contributed by atoms with van der Waals surface area (Å²) in [6.07, 6.45) is 3.59. The van der Waals surface area contributed by atoms with E-state index in [0.29, 0.717) is 12.5 Å². The van der Waals surface area contributed by atoms with Gasteiger partial charge in [0, 0.05) is 37.8 Å². The quantitative estimate of drug-likeness (QED) is 0.419. The van der Waals surface area contributed by atoms with Crippen molar-refractivity contribution in [3.63, 3.8) is 0 Å². The van der Waals surface area contributed by atoms with Crippen LogP contribution < -0.4 is 10.6 Å². The lowest BCUT2D eigenvalue weighted by atomic mass is 10.2. The predicted octanol–water partition coefficient (Wildman–Crippen LogP) is 3.07. The normalized spacial score (nSPS) is 15.0. The van der Waals surface area contributed by atoms with Gasteiger partial charge < -0.3 is 15.4 Å². The molecule has 0 atom stereocenters. The van der Waals surface area contributed by atoms with Gasteiger partial charge in [0.25, 0.3) is 0 Å². The number of halogens is 2. The number of nitrogens with one attached hydrogen (secondary N) is 2. The van der Waals surface area contributed by atoms with Crippen LogP contribution in [0.4, 0.5) is 4.39 Å². The Morgan fingerprint density at radius 3 is 2.95 bits per heavy atom.